The summed E-state index contributed by atoms with van der Waals surface area (Å²) in [6, 6.07) is 0.958. The second-order valence-electron chi connectivity index (χ2n) is 3.41. The molecule has 0 bridgehead atoms. The number of ether oxygens (including phenoxy) is 1. The number of fused-ring (bicyclic) bond motifs is 1. The Balaban J connectivity index is 2.69. The monoisotopic (exact) mass is 276 g/mol. The van der Waals surface area contributed by atoms with Crippen LogP contribution in [0.5, 0.6) is 5.75 Å². The lowest BCUT2D eigenvalue weighted by molar-refractivity contribution is 0.0860. The Bertz CT molecular complexity index is 446. The number of ketones is 1. The SMILES string of the molecule is CC1CC(=O)c2c(F)c(F)cc(Br)c2O1. The van der Waals surface area contributed by atoms with Crippen molar-refractivity contribution < 1.29 is 18.3 Å². The van der Waals surface area contributed by atoms with Crippen LogP contribution in [0.2, 0.25) is 0 Å². The van der Waals surface area contributed by atoms with Crippen LogP contribution < -0.4 is 4.74 Å². The van der Waals surface area contributed by atoms with Gasteiger partial charge in [0.2, 0.25) is 0 Å². The van der Waals surface area contributed by atoms with Crippen LogP contribution in [-0.4, -0.2) is 11.9 Å². The van der Waals surface area contributed by atoms with Crippen molar-refractivity contribution in [3.63, 3.8) is 0 Å². The highest BCUT2D eigenvalue weighted by atomic mass is 79.9. The molecule has 1 heterocycles. The number of carbonyl (C=O) groups is 1. The Morgan fingerprint density at radius 3 is 2.87 bits per heavy atom. The van der Waals surface area contributed by atoms with E-state index in [2.05, 4.69) is 15.9 Å². The second kappa shape index (κ2) is 3.56. The van der Waals surface area contributed by atoms with Gasteiger partial charge in [0.15, 0.2) is 17.4 Å². The summed E-state index contributed by atoms with van der Waals surface area (Å²) >= 11 is 3.04. The summed E-state index contributed by atoms with van der Waals surface area (Å²) in [5, 5.41) is 0. The minimum absolute atomic E-state index is 0.0693. The average Bonchev–Trinajstić information content (AvgIpc) is 2.13. The second-order valence-corrected chi connectivity index (χ2v) is 4.27. The molecule has 1 aliphatic rings. The van der Waals surface area contributed by atoms with Crippen molar-refractivity contribution >= 4 is 21.7 Å². The zero-order valence-electron chi connectivity index (χ0n) is 7.81. The van der Waals surface area contributed by atoms with Crippen LogP contribution in [0.1, 0.15) is 23.7 Å². The molecule has 0 fully saturated rings. The first-order valence-corrected chi connectivity index (χ1v) is 5.17. The van der Waals surface area contributed by atoms with E-state index in [1.54, 1.807) is 6.92 Å². The molecule has 1 aromatic carbocycles. The topological polar surface area (TPSA) is 26.3 Å². The molecular formula is C10H7BrF2O2. The number of Topliss-reactive ketones (excluding diaryl/α,β-unsaturated/α-hetero) is 1. The molecule has 0 saturated carbocycles. The summed E-state index contributed by atoms with van der Waals surface area (Å²) in [5.41, 5.74) is -0.292. The molecule has 80 valence electrons. The van der Waals surface area contributed by atoms with E-state index in [4.69, 9.17) is 4.74 Å². The molecular weight excluding hydrogens is 270 g/mol. The summed E-state index contributed by atoms with van der Waals surface area (Å²) in [6.07, 6.45) is -0.244. The van der Waals surface area contributed by atoms with Gasteiger partial charge in [-0.25, -0.2) is 8.78 Å². The van der Waals surface area contributed by atoms with Gasteiger partial charge >= 0.3 is 0 Å². The Kier molecular flexibility index (Phi) is 2.50. The number of hydrogen-bond donors (Lipinski definition) is 0. The molecule has 0 spiro atoms. The van der Waals surface area contributed by atoms with Gasteiger partial charge in [-0.1, -0.05) is 0 Å². The van der Waals surface area contributed by atoms with Gasteiger partial charge in [0.05, 0.1) is 10.0 Å². The van der Waals surface area contributed by atoms with Gasteiger partial charge in [0.25, 0.3) is 0 Å². The molecule has 5 heteroatoms. The number of rotatable bonds is 0. The van der Waals surface area contributed by atoms with Crippen molar-refractivity contribution in [2.24, 2.45) is 0 Å². The fraction of sp³-hybridized carbons (Fsp3) is 0.300. The summed E-state index contributed by atoms with van der Waals surface area (Å²) < 4.78 is 31.9. The van der Waals surface area contributed by atoms with Gasteiger partial charge in [-0.2, -0.15) is 0 Å². The molecule has 1 aliphatic heterocycles. The average molecular weight is 277 g/mol. The van der Waals surface area contributed by atoms with Crippen LogP contribution in [0.4, 0.5) is 8.78 Å². The molecule has 1 unspecified atom stereocenters. The van der Waals surface area contributed by atoms with E-state index in [1.165, 1.54) is 0 Å². The van der Waals surface area contributed by atoms with Gasteiger partial charge in [0, 0.05) is 6.42 Å². The zero-order valence-corrected chi connectivity index (χ0v) is 9.40. The molecule has 0 aromatic heterocycles. The first-order valence-electron chi connectivity index (χ1n) is 4.38. The molecule has 15 heavy (non-hydrogen) atoms. The van der Waals surface area contributed by atoms with Crippen LogP contribution in [0.25, 0.3) is 0 Å². The maximum Gasteiger partial charge on any atom is 0.173 e. The highest BCUT2D eigenvalue weighted by molar-refractivity contribution is 9.10. The van der Waals surface area contributed by atoms with E-state index in [9.17, 15) is 13.6 Å². The molecule has 1 aromatic rings. The molecule has 2 rings (SSSR count). The third-order valence-corrected chi connectivity index (χ3v) is 2.79. The van der Waals surface area contributed by atoms with E-state index in [0.29, 0.717) is 0 Å². The maximum atomic E-state index is 13.3. The fourth-order valence-corrected chi connectivity index (χ4v) is 2.04. The smallest absolute Gasteiger partial charge is 0.173 e. The van der Waals surface area contributed by atoms with Crippen LogP contribution in [-0.2, 0) is 0 Å². The van der Waals surface area contributed by atoms with E-state index in [-0.39, 0.29) is 28.3 Å². The lowest BCUT2D eigenvalue weighted by Crippen LogP contribution is -2.25. The zero-order chi connectivity index (χ0) is 11.2. The highest BCUT2D eigenvalue weighted by Crippen LogP contribution is 2.37. The molecule has 0 saturated heterocycles. The largest absolute Gasteiger partial charge is 0.488 e. The number of benzene rings is 1. The van der Waals surface area contributed by atoms with Gasteiger partial charge < -0.3 is 4.74 Å². The van der Waals surface area contributed by atoms with Gasteiger partial charge in [-0.05, 0) is 28.9 Å². The first-order chi connectivity index (χ1) is 7.00. The standard InChI is InChI=1S/C10H7BrF2O2/c1-4-2-7(14)8-9(13)6(12)3-5(11)10(8)15-4/h3-4H,2H2,1H3. The lowest BCUT2D eigenvalue weighted by Gasteiger charge is -2.23. The van der Waals surface area contributed by atoms with Crippen molar-refractivity contribution in [1.29, 1.82) is 0 Å². The van der Waals surface area contributed by atoms with E-state index < -0.39 is 17.4 Å². The van der Waals surface area contributed by atoms with Crippen molar-refractivity contribution in [2.45, 2.75) is 19.4 Å². The van der Waals surface area contributed by atoms with Crippen LogP contribution >= 0.6 is 15.9 Å². The summed E-state index contributed by atoms with van der Waals surface area (Å²) in [5.74, 6) is -2.52. The van der Waals surface area contributed by atoms with Crippen molar-refractivity contribution in [3.8, 4) is 5.75 Å². The van der Waals surface area contributed by atoms with E-state index in [0.717, 1.165) is 6.07 Å². The predicted octanol–water partition coefficient (Wildman–Crippen LogP) is 3.08. The first kappa shape index (κ1) is 10.5. The number of carbonyl (C=O) groups excluding carboxylic acids is 1. The minimum atomic E-state index is -1.13. The normalized spacial score (nSPS) is 19.7. The molecule has 2 nitrogen and oxygen atoms in total. The molecule has 0 aliphatic carbocycles. The summed E-state index contributed by atoms with van der Waals surface area (Å²) in [7, 11) is 0. The predicted molar refractivity (Wildman–Crippen MR) is 53.1 cm³/mol. The Labute approximate surface area is 93.4 Å². The third-order valence-electron chi connectivity index (χ3n) is 2.20. The van der Waals surface area contributed by atoms with Crippen molar-refractivity contribution in [3.05, 3.63) is 27.7 Å². The van der Waals surface area contributed by atoms with Gasteiger partial charge in [-0.3, -0.25) is 4.79 Å². The lowest BCUT2D eigenvalue weighted by atomic mass is 10.0. The minimum Gasteiger partial charge on any atom is -0.488 e. The van der Waals surface area contributed by atoms with Gasteiger partial charge in [0.1, 0.15) is 11.9 Å². The van der Waals surface area contributed by atoms with Crippen molar-refractivity contribution in [2.75, 3.05) is 0 Å². The molecule has 0 radical (unpaired) electrons. The summed E-state index contributed by atoms with van der Waals surface area (Å²) in [6.45, 7) is 1.70. The number of halogens is 3. The van der Waals surface area contributed by atoms with Crippen LogP contribution in [0.15, 0.2) is 10.5 Å². The number of hydrogen-bond acceptors (Lipinski definition) is 2. The van der Waals surface area contributed by atoms with Crippen molar-refractivity contribution in [1.82, 2.24) is 0 Å². The van der Waals surface area contributed by atoms with Crippen LogP contribution in [0, 0.1) is 11.6 Å². The summed E-state index contributed by atoms with van der Waals surface area (Å²) in [4.78, 5) is 11.5. The van der Waals surface area contributed by atoms with E-state index >= 15 is 0 Å². The molecule has 1 atom stereocenters. The molecule has 0 N–H and O–H groups in total. The fourth-order valence-electron chi connectivity index (χ4n) is 1.55. The van der Waals surface area contributed by atoms with Crippen LogP contribution in [0.3, 0.4) is 0 Å². The third kappa shape index (κ3) is 1.65. The Hall–Kier alpha value is -0.970. The maximum absolute atomic E-state index is 13.3. The van der Waals surface area contributed by atoms with Gasteiger partial charge in [-0.15, -0.1) is 0 Å². The quantitative estimate of drug-likeness (QED) is 0.681. The van der Waals surface area contributed by atoms with E-state index in [1.807, 2.05) is 0 Å². The molecule has 0 amide bonds. The Morgan fingerprint density at radius 2 is 2.20 bits per heavy atom. The Morgan fingerprint density at radius 1 is 1.53 bits per heavy atom. The highest BCUT2D eigenvalue weighted by Gasteiger charge is 2.30.